The fourth-order valence-corrected chi connectivity index (χ4v) is 3.94. The molecule has 1 unspecified atom stereocenters. The van der Waals surface area contributed by atoms with E-state index in [4.69, 9.17) is 9.47 Å². The van der Waals surface area contributed by atoms with E-state index in [2.05, 4.69) is 44.7 Å². The fourth-order valence-electron chi connectivity index (χ4n) is 3.94. The van der Waals surface area contributed by atoms with Crippen LogP contribution in [0, 0.1) is 0 Å². The second-order valence-corrected chi connectivity index (χ2v) is 7.98. The number of carbonyl (C=O) groups excluding carboxylic acids is 2. The Labute approximate surface area is 182 Å². The van der Waals surface area contributed by atoms with Crippen molar-refractivity contribution in [2.75, 3.05) is 50.7 Å². The summed E-state index contributed by atoms with van der Waals surface area (Å²) >= 11 is 0. The molecule has 2 amide bonds. The number of anilines is 2. The summed E-state index contributed by atoms with van der Waals surface area (Å²) in [7, 11) is 4.01. The van der Waals surface area contributed by atoms with E-state index in [1.54, 1.807) is 18.2 Å². The molecule has 8 heteroatoms. The molecule has 2 heterocycles. The summed E-state index contributed by atoms with van der Waals surface area (Å²) in [6.07, 6.45) is 2.29. The van der Waals surface area contributed by atoms with Crippen molar-refractivity contribution in [3.8, 4) is 11.5 Å². The van der Waals surface area contributed by atoms with Crippen molar-refractivity contribution < 1.29 is 19.1 Å². The molecule has 2 aromatic carbocycles. The Balaban J connectivity index is 1.39. The minimum absolute atomic E-state index is 0.0287. The third kappa shape index (κ3) is 4.91. The van der Waals surface area contributed by atoms with E-state index >= 15 is 0 Å². The number of nitrogens with zero attached hydrogens (tertiary/aromatic N) is 2. The number of amides is 2. The van der Waals surface area contributed by atoms with Gasteiger partial charge in [-0.1, -0.05) is 12.1 Å². The van der Waals surface area contributed by atoms with Gasteiger partial charge in [0, 0.05) is 38.1 Å². The van der Waals surface area contributed by atoms with Crippen LogP contribution >= 0.6 is 0 Å². The Hall–Kier alpha value is -3.26. The zero-order chi connectivity index (χ0) is 21.8. The third-order valence-corrected chi connectivity index (χ3v) is 5.67. The highest BCUT2D eigenvalue weighted by Gasteiger charge is 2.25. The van der Waals surface area contributed by atoms with Crippen molar-refractivity contribution in [1.82, 2.24) is 10.2 Å². The molecule has 2 aromatic rings. The van der Waals surface area contributed by atoms with Crippen molar-refractivity contribution >= 4 is 23.2 Å². The molecular formula is C23H28N4O4. The van der Waals surface area contributed by atoms with Crippen LogP contribution < -0.4 is 25.0 Å². The van der Waals surface area contributed by atoms with Gasteiger partial charge in [0.2, 0.25) is 6.79 Å². The van der Waals surface area contributed by atoms with E-state index in [1.807, 2.05) is 14.1 Å². The number of likely N-dealkylation sites (tertiary alicyclic amines) is 1. The number of rotatable bonds is 6. The monoisotopic (exact) mass is 424 g/mol. The van der Waals surface area contributed by atoms with E-state index in [0.717, 1.165) is 37.2 Å². The molecule has 1 saturated heterocycles. The Kier molecular flexibility index (Phi) is 6.27. The summed E-state index contributed by atoms with van der Waals surface area (Å²) in [5.74, 6) is -0.196. The zero-order valence-electron chi connectivity index (χ0n) is 17.9. The average Bonchev–Trinajstić information content (AvgIpc) is 3.46. The summed E-state index contributed by atoms with van der Waals surface area (Å²) in [5.41, 5.74) is 2.74. The standard InChI is InChI=1S/C23H28N4O4/c1-26(2)18-8-5-16(6-9-18)19(27-11-3-4-12-27)14-24-22(28)23(29)25-17-7-10-20-21(13-17)31-15-30-20/h5-10,13,19H,3-4,11-12,14-15H2,1-2H3,(H,24,28)(H,25,29). The minimum atomic E-state index is -0.706. The molecule has 0 spiro atoms. The molecule has 4 rings (SSSR count). The maximum Gasteiger partial charge on any atom is 0.313 e. The molecule has 0 aliphatic carbocycles. The van der Waals surface area contributed by atoms with Gasteiger partial charge in [0.1, 0.15) is 0 Å². The average molecular weight is 425 g/mol. The first-order chi connectivity index (χ1) is 15.0. The molecule has 8 nitrogen and oxygen atoms in total. The number of hydrogen-bond acceptors (Lipinski definition) is 6. The van der Waals surface area contributed by atoms with E-state index in [1.165, 1.54) is 0 Å². The van der Waals surface area contributed by atoms with Crippen molar-refractivity contribution in [3.63, 3.8) is 0 Å². The number of carbonyl (C=O) groups is 2. The van der Waals surface area contributed by atoms with Crippen LogP contribution in [0.25, 0.3) is 0 Å². The first-order valence-corrected chi connectivity index (χ1v) is 10.5. The van der Waals surface area contributed by atoms with Crippen LogP contribution in [0.1, 0.15) is 24.4 Å². The molecule has 31 heavy (non-hydrogen) atoms. The van der Waals surface area contributed by atoms with Crippen LogP contribution in [0.2, 0.25) is 0 Å². The van der Waals surface area contributed by atoms with Gasteiger partial charge >= 0.3 is 11.8 Å². The largest absolute Gasteiger partial charge is 0.454 e. The van der Waals surface area contributed by atoms with E-state index in [0.29, 0.717) is 23.7 Å². The van der Waals surface area contributed by atoms with Gasteiger partial charge in [0.15, 0.2) is 11.5 Å². The Morgan fingerprint density at radius 3 is 2.42 bits per heavy atom. The first kappa shape index (κ1) is 21.0. The number of benzene rings is 2. The Morgan fingerprint density at radius 1 is 1.00 bits per heavy atom. The second kappa shape index (κ2) is 9.26. The smallest absolute Gasteiger partial charge is 0.313 e. The van der Waals surface area contributed by atoms with Gasteiger partial charge in [-0.2, -0.15) is 0 Å². The molecule has 1 atom stereocenters. The van der Waals surface area contributed by atoms with Gasteiger partial charge in [-0.15, -0.1) is 0 Å². The minimum Gasteiger partial charge on any atom is -0.454 e. The summed E-state index contributed by atoms with van der Waals surface area (Å²) in [6, 6.07) is 13.4. The summed E-state index contributed by atoms with van der Waals surface area (Å²) in [6.45, 7) is 2.49. The quantitative estimate of drug-likeness (QED) is 0.693. The van der Waals surface area contributed by atoms with Gasteiger partial charge in [-0.3, -0.25) is 14.5 Å². The third-order valence-electron chi connectivity index (χ3n) is 5.67. The molecular weight excluding hydrogens is 396 g/mol. The predicted octanol–water partition coefficient (Wildman–Crippen LogP) is 2.37. The maximum absolute atomic E-state index is 12.5. The zero-order valence-corrected chi connectivity index (χ0v) is 17.9. The SMILES string of the molecule is CN(C)c1ccc(C(CNC(=O)C(=O)Nc2ccc3c(c2)OCO3)N2CCCC2)cc1. The molecule has 2 aliphatic heterocycles. The van der Waals surface area contributed by atoms with Gasteiger partial charge in [-0.25, -0.2) is 0 Å². The van der Waals surface area contributed by atoms with Gasteiger partial charge in [0.05, 0.1) is 6.04 Å². The Morgan fingerprint density at radius 2 is 1.71 bits per heavy atom. The number of fused-ring (bicyclic) bond motifs is 1. The summed E-state index contributed by atoms with van der Waals surface area (Å²) in [5, 5.41) is 5.43. The Bertz CT molecular complexity index is 939. The van der Waals surface area contributed by atoms with Crippen molar-refractivity contribution in [2.24, 2.45) is 0 Å². The molecule has 0 bridgehead atoms. The number of nitrogens with one attached hydrogen (secondary N) is 2. The molecule has 0 radical (unpaired) electrons. The molecule has 0 aromatic heterocycles. The van der Waals surface area contributed by atoms with Crippen LogP contribution in [0.5, 0.6) is 11.5 Å². The topological polar surface area (TPSA) is 83.1 Å². The summed E-state index contributed by atoms with van der Waals surface area (Å²) in [4.78, 5) is 29.3. The van der Waals surface area contributed by atoms with E-state index in [-0.39, 0.29) is 12.8 Å². The van der Waals surface area contributed by atoms with Crippen LogP contribution in [-0.2, 0) is 9.59 Å². The van der Waals surface area contributed by atoms with Crippen LogP contribution in [0.3, 0.4) is 0 Å². The van der Waals surface area contributed by atoms with Gasteiger partial charge < -0.3 is 25.0 Å². The highest BCUT2D eigenvalue weighted by atomic mass is 16.7. The van der Waals surface area contributed by atoms with Gasteiger partial charge in [0.25, 0.3) is 0 Å². The highest BCUT2D eigenvalue weighted by Crippen LogP contribution is 2.34. The van der Waals surface area contributed by atoms with Crippen molar-refractivity contribution in [1.29, 1.82) is 0 Å². The van der Waals surface area contributed by atoms with Gasteiger partial charge in [-0.05, 0) is 55.8 Å². The van der Waals surface area contributed by atoms with Crippen LogP contribution in [0.15, 0.2) is 42.5 Å². The molecule has 1 fully saturated rings. The molecule has 2 aliphatic rings. The van der Waals surface area contributed by atoms with Crippen molar-refractivity contribution in [3.05, 3.63) is 48.0 Å². The normalized spacial score (nSPS) is 16.1. The number of ether oxygens (including phenoxy) is 2. The molecule has 2 N–H and O–H groups in total. The lowest BCUT2D eigenvalue weighted by Gasteiger charge is -2.28. The van der Waals surface area contributed by atoms with Crippen LogP contribution in [-0.4, -0.2) is 57.2 Å². The maximum atomic E-state index is 12.5. The van der Waals surface area contributed by atoms with Crippen LogP contribution in [0.4, 0.5) is 11.4 Å². The highest BCUT2D eigenvalue weighted by molar-refractivity contribution is 6.39. The molecule has 0 saturated carbocycles. The van der Waals surface area contributed by atoms with Crippen molar-refractivity contribution in [2.45, 2.75) is 18.9 Å². The van der Waals surface area contributed by atoms with E-state index in [9.17, 15) is 9.59 Å². The second-order valence-electron chi connectivity index (χ2n) is 7.98. The summed E-state index contributed by atoms with van der Waals surface area (Å²) < 4.78 is 10.6. The fraction of sp³-hybridized carbons (Fsp3) is 0.391. The lowest BCUT2D eigenvalue weighted by Crippen LogP contribution is -2.41. The lowest BCUT2D eigenvalue weighted by molar-refractivity contribution is -0.136. The number of hydrogen-bond donors (Lipinski definition) is 2. The lowest BCUT2D eigenvalue weighted by atomic mass is 10.0. The first-order valence-electron chi connectivity index (χ1n) is 10.5. The molecule has 164 valence electrons. The van der Waals surface area contributed by atoms with E-state index < -0.39 is 11.8 Å². The predicted molar refractivity (Wildman–Crippen MR) is 119 cm³/mol.